The van der Waals surface area contributed by atoms with Gasteiger partial charge in [0.05, 0.1) is 5.92 Å². The fraction of sp³-hybridized carbons (Fsp3) is 0.667. The first-order valence-electron chi connectivity index (χ1n) is 7.92. The van der Waals surface area contributed by atoms with Gasteiger partial charge in [0.25, 0.3) is 0 Å². The van der Waals surface area contributed by atoms with Gasteiger partial charge in [-0.3, -0.25) is 9.59 Å². The second-order valence-corrected chi connectivity index (χ2v) is 6.77. The van der Waals surface area contributed by atoms with Crippen molar-refractivity contribution in [1.29, 1.82) is 0 Å². The van der Waals surface area contributed by atoms with E-state index >= 15 is 0 Å². The summed E-state index contributed by atoms with van der Waals surface area (Å²) in [6, 6.07) is 0. The van der Waals surface area contributed by atoms with E-state index in [9.17, 15) is 9.59 Å². The molecular formula is C18H28O4. The molecule has 4 nitrogen and oxygen atoms in total. The zero-order valence-electron chi connectivity index (χ0n) is 14.0. The maximum absolute atomic E-state index is 12.0. The van der Waals surface area contributed by atoms with Crippen LogP contribution in [0.2, 0.25) is 0 Å². The van der Waals surface area contributed by atoms with Gasteiger partial charge in [-0.25, -0.2) is 0 Å². The smallest absolute Gasteiger partial charge is 0.309 e. The highest BCUT2D eigenvalue weighted by molar-refractivity contribution is 5.76. The highest BCUT2D eigenvalue weighted by Gasteiger charge is 2.50. The number of allylic oxidation sites excluding steroid dienone is 1. The molecule has 0 bridgehead atoms. The molecule has 0 heterocycles. The molecule has 0 spiro atoms. The molecule has 0 unspecified atom stereocenters. The largest absolute Gasteiger partial charge is 0.462 e. The van der Waals surface area contributed by atoms with E-state index in [1.54, 1.807) is 12.2 Å². The van der Waals surface area contributed by atoms with Crippen LogP contribution >= 0.6 is 0 Å². The standard InChI is InChI=1S/C18H28O4/c1-6-8-9-11-16(19)21-15(10-7-2)13-12-14(13)17(20)22-18(3,4)5/h6-7,13-15H,1-2,8-12H2,3-5H3/t13-,14-,15+/m1/s1. The minimum absolute atomic E-state index is 0.0520. The summed E-state index contributed by atoms with van der Waals surface area (Å²) in [6.07, 6.45) is 6.44. The van der Waals surface area contributed by atoms with Crippen molar-refractivity contribution < 1.29 is 19.1 Å². The van der Waals surface area contributed by atoms with E-state index in [0.717, 1.165) is 12.8 Å². The Labute approximate surface area is 133 Å². The fourth-order valence-electron chi connectivity index (χ4n) is 2.37. The number of hydrogen-bond donors (Lipinski definition) is 0. The van der Waals surface area contributed by atoms with Crippen molar-refractivity contribution in [3.63, 3.8) is 0 Å². The van der Waals surface area contributed by atoms with E-state index in [-0.39, 0.29) is 29.9 Å². The Morgan fingerprint density at radius 3 is 2.50 bits per heavy atom. The monoisotopic (exact) mass is 308 g/mol. The summed E-state index contributed by atoms with van der Waals surface area (Å²) in [7, 11) is 0. The van der Waals surface area contributed by atoms with Gasteiger partial charge in [-0.15, -0.1) is 13.2 Å². The Morgan fingerprint density at radius 2 is 1.95 bits per heavy atom. The van der Waals surface area contributed by atoms with Crippen molar-refractivity contribution in [2.75, 3.05) is 0 Å². The number of carbonyl (C=O) groups is 2. The molecule has 0 aliphatic heterocycles. The first-order valence-corrected chi connectivity index (χ1v) is 7.92. The fourth-order valence-corrected chi connectivity index (χ4v) is 2.37. The van der Waals surface area contributed by atoms with Crippen molar-refractivity contribution in [1.82, 2.24) is 0 Å². The first-order chi connectivity index (χ1) is 10.3. The summed E-state index contributed by atoms with van der Waals surface area (Å²) in [6.45, 7) is 12.9. The third-order valence-corrected chi connectivity index (χ3v) is 3.50. The molecule has 0 aromatic heterocycles. The van der Waals surface area contributed by atoms with Gasteiger partial charge >= 0.3 is 11.9 Å². The number of rotatable bonds is 9. The van der Waals surface area contributed by atoms with E-state index < -0.39 is 5.60 Å². The molecule has 1 aliphatic carbocycles. The second kappa shape index (κ2) is 8.16. The van der Waals surface area contributed by atoms with Crippen LogP contribution in [0.3, 0.4) is 0 Å². The van der Waals surface area contributed by atoms with Crippen LogP contribution in [0.15, 0.2) is 25.3 Å². The molecule has 1 saturated carbocycles. The van der Waals surface area contributed by atoms with Gasteiger partial charge < -0.3 is 9.47 Å². The van der Waals surface area contributed by atoms with Crippen molar-refractivity contribution in [2.45, 2.75) is 64.6 Å². The van der Waals surface area contributed by atoms with Crippen LogP contribution in [0.1, 0.15) is 52.9 Å². The van der Waals surface area contributed by atoms with Crippen molar-refractivity contribution >= 4 is 11.9 Å². The third-order valence-electron chi connectivity index (χ3n) is 3.50. The zero-order valence-corrected chi connectivity index (χ0v) is 14.0. The van der Waals surface area contributed by atoms with Gasteiger partial charge in [0.15, 0.2) is 0 Å². The molecule has 3 atom stereocenters. The molecule has 0 N–H and O–H groups in total. The summed E-state index contributed by atoms with van der Waals surface area (Å²) in [4.78, 5) is 23.9. The molecule has 1 aliphatic rings. The van der Waals surface area contributed by atoms with Crippen LogP contribution < -0.4 is 0 Å². The lowest BCUT2D eigenvalue weighted by Crippen LogP contribution is -2.27. The molecular weight excluding hydrogens is 280 g/mol. The first kappa shape index (κ1) is 18.5. The Hall–Kier alpha value is -1.58. The van der Waals surface area contributed by atoms with Gasteiger partial charge in [-0.1, -0.05) is 12.2 Å². The lowest BCUT2D eigenvalue weighted by atomic mass is 10.1. The summed E-state index contributed by atoms with van der Waals surface area (Å²) in [5.41, 5.74) is -0.487. The van der Waals surface area contributed by atoms with Crippen LogP contribution in [0.4, 0.5) is 0 Å². The highest BCUT2D eigenvalue weighted by atomic mass is 16.6. The minimum atomic E-state index is -0.487. The van der Waals surface area contributed by atoms with Crippen LogP contribution in [-0.4, -0.2) is 23.6 Å². The van der Waals surface area contributed by atoms with E-state index in [0.29, 0.717) is 19.3 Å². The molecule has 0 radical (unpaired) electrons. The molecule has 0 aromatic rings. The van der Waals surface area contributed by atoms with Crippen LogP contribution in [-0.2, 0) is 19.1 Å². The Morgan fingerprint density at radius 1 is 1.27 bits per heavy atom. The topological polar surface area (TPSA) is 52.6 Å². The summed E-state index contributed by atoms with van der Waals surface area (Å²) >= 11 is 0. The SMILES string of the molecule is C=CCCCC(=O)O[C@@H](CC=C)[C@@H]1C[C@H]1C(=O)OC(C)(C)C. The number of esters is 2. The number of hydrogen-bond acceptors (Lipinski definition) is 4. The second-order valence-electron chi connectivity index (χ2n) is 6.77. The number of ether oxygens (including phenoxy) is 2. The van der Waals surface area contributed by atoms with Gasteiger partial charge in [-0.05, 0) is 40.0 Å². The predicted octanol–water partition coefficient (Wildman–Crippen LogP) is 3.81. The molecule has 1 fully saturated rings. The van der Waals surface area contributed by atoms with Gasteiger partial charge in [0.1, 0.15) is 11.7 Å². The Kier molecular flexibility index (Phi) is 6.85. The molecule has 0 amide bonds. The minimum Gasteiger partial charge on any atom is -0.462 e. The predicted molar refractivity (Wildman–Crippen MR) is 86.2 cm³/mol. The molecule has 0 saturated heterocycles. The molecule has 4 heteroatoms. The van der Waals surface area contributed by atoms with Gasteiger partial charge in [0, 0.05) is 18.8 Å². The van der Waals surface area contributed by atoms with E-state index in [4.69, 9.17) is 9.47 Å². The number of carbonyl (C=O) groups excluding carboxylic acids is 2. The summed E-state index contributed by atoms with van der Waals surface area (Å²) in [5, 5.41) is 0. The third kappa shape index (κ3) is 6.46. The number of unbranched alkanes of at least 4 members (excludes halogenated alkanes) is 1. The maximum Gasteiger partial charge on any atom is 0.309 e. The van der Waals surface area contributed by atoms with E-state index in [1.165, 1.54) is 0 Å². The molecule has 0 aromatic carbocycles. The van der Waals surface area contributed by atoms with Crippen molar-refractivity contribution in [2.24, 2.45) is 11.8 Å². The molecule has 22 heavy (non-hydrogen) atoms. The van der Waals surface area contributed by atoms with Crippen molar-refractivity contribution in [3.8, 4) is 0 Å². The van der Waals surface area contributed by atoms with Crippen LogP contribution in [0, 0.1) is 11.8 Å². The Bertz CT molecular complexity index is 419. The zero-order chi connectivity index (χ0) is 16.8. The quantitative estimate of drug-likeness (QED) is 0.369. The lowest BCUT2D eigenvalue weighted by Gasteiger charge is -2.20. The van der Waals surface area contributed by atoms with E-state index in [1.807, 2.05) is 20.8 Å². The van der Waals surface area contributed by atoms with Crippen LogP contribution in [0.25, 0.3) is 0 Å². The van der Waals surface area contributed by atoms with Crippen molar-refractivity contribution in [3.05, 3.63) is 25.3 Å². The van der Waals surface area contributed by atoms with Gasteiger partial charge in [-0.2, -0.15) is 0 Å². The molecule has 1 rings (SSSR count). The maximum atomic E-state index is 12.0. The Balaban J connectivity index is 2.48. The average Bonchev–Trinajstić information content (AvgIpc) is 3.17. The van der Waals surface area contributed by atoms with E-state index in [2.05, 4.69) is 13.2 Å². The molecule has 124 valence electrons. The lowest BCUT2D eigenvalue weighted by molar-refractivity contribution is -0.159. The van der Waals surface area contributed by atoms with Crippen LogP contribution in [0.5, 0.6) is 0 Å². The van der Waals surface area contributed by atoms with Gasteiger partial charge in [0.2, 0.25) is 0 Å². The average molecular weight is 308 g/mol. The summed E-state index contributed by atoms with van der Waals surface area (Å²) < 4.78 is 10.9. The summed E-state index contributed by atoms with van der Waals surface area (Å²) in [5.74, 6) is -0.529. The highest BCUT2D eigenvalue weighted by Crippen LogP contribution is 2.45. The normalized spacial score (nSPS) is 21.6.